The largest absolute Gasteiger partial charge is 0.459 e. The molecule has 0 N–H and O–H groups in total. The number of halogens is 3. The van der Waals surface area contributed by atoms with Gasteiger partial charge in [0.15, 0.2) is 11.6 Å². The summed E-state index contributed by atoms with van der Waals surface area (Å²) in [4.78, 5) is 12.2. The molecule has 0 saturated heterocycles. The first-order chi connectivity index (χ1) is 14.4. The predicted octanol–water partition coefficient (Wildman–Crippen LogP) is 6.95. The number of carbonyl (C=O) groups excluding carboxylic acids is 1. The van der Waals surface area contributed by atoms with Gasteiger partial charge >= 0.3 is 5.97 Å². The van der Waals surface area contributed by atoms with Crippen LogP contribution in [0.3, 0.4) is 0 Å². The summed E-state index contributed by atoms with van der Waals surface area (Å²) in [7, 11) is 0. The second kappa shape index (κ2) is 8.44. The third-order valence-electron chi connectivity index (χ3n) is 6.63. The smallest absolute Gasteiger partial charge is 0.341 e. The van der Waals surface area contributed by atoms with E-state index in [1.807, 2.05) is 0 Å². The van der Waals surface area contributed by atoms with Crippen molar-refractivity contribution in [2.75, 3.05) is 0 Å². The van der Waals surface area contributed by atoms with Gasteiger partial charge in [-0.25, -0.2) is 18.0 Å². The molecule has 0 bridgehead atoms. The van der Waals surface area contributed by atoms with Crippen molar-refractivity contribution in [3.05, 3.63) is 58.4 Å². The van der Waals surface area contributed by atoms with Gasteiger partial charge in [0.25, 0.3) is 0 Å². The fraction of sp³-hybridized carbons (Fsp3) is 0.480. The van der Waals surface area contributed by atoms with Crippen LogP contribution in [0, 0.1) is 23.4 Å². The number of cyclic esters (lactones) is 1. The van der Waals surface area contributed by atoms with Crippen molar-refractivity contribution >= 4 is 5.97 Å². The summed E-state index contributed by atoms with van der Waals surface area (Å²) in [6, 6.07) is 6.04. The van der Waals surface area contributed by atoms with E-state index >= 15 is 8.78 Å². The van der Waals surface area contributed by atoms with E-state index in [0.717, 1.165) is 32.1 Å². The SMILES string of the molecule is CCCC1CCC(c2ccc(-c3ccc4c(c3F)C(=O)OC(C)C4)c(F)c2F)CC1. The summed E-state index contributed by atoms with van der Waals surface area (Å²) in [5, 5.41) is 0. The number of hydrogen-bond acceptors (Lipinski definition) is 2. The molecule has 0 radical (unpaired) electrons. The van der Waals surface area contributed by atoms with Crippen LogP contribution in [-0.2, 0) is 11.2 Å². The maximum Gasteiger partial charge on any atom is 0.341 e. The van der Waals surface area contributed by atoms with Crippen LogP contribution in [-0.4, -0.2) is 12.1 Å². The Hall–Kier alpha value is -2.30. The Bertz CT molecular complexity index is 961. The molecule has 0 spiro atoms. The summed E-state index contributed by atoms with van der Waals surface area (Å²) < 4.78 is 50.2. The number of fused-ring (bicyclic) bond motifs is 1. The predicted molar refractivity (Wildman–Crippen MR) is 110 cm³/mol. The number of hydrogen-bond donors (Lipinski definition) is 0. The molecule has 4 rings (SSSR count). The maximum absolute atomic E-state index is 15.1. The van der Waals surface area contributed by atoms with Gasteiger partial charge in [0.1, 0.15) is 11.9 Å². The fourth-order valence-corrected chi connectivity index (χ4v) is 5.07. The average Bonchev–Trinajstić information content (AvgIpc) is 2.71. The first kappa shape index (κ1) is 21.0. The van der Waals surface area contributed by atoms with E-state index in [2.05, 4.69) is 6.92 Å². The molecule has 160 valence electrons. The topological polar surface area (TPSA) is 26.3 Å². The molecule has 30 heavy (non-hydrogen) atoms. The van der Waals surface area contributed by atoms with Gasteiger partial charge in [-0.1, -0.05) is 44.0 Å². The summed E-state index contributed by atoms with van der Waals surface area (Å²) in [5.41, 5.74) is 0.445. The zero-order valence-electron chi connectivity index (χ0n) is 17.4. The Morgan fingerprint density at radius 3 is 2.30 bits per heavy atom. The van der Waals surface area contributed by atoms with Crippen LogP contribution < -0.4 is 0 Å². The van der Waals surface area contributed by atoms with Crippen LogP contribution in [0.1, 0.15) is 79.8 Å². The molecular formula is C25H27F3O2. The van der Waals surface area contributed by atoms with Crippen molar-refractivity contribution in [1.82, 2.24) is 0 Å². The lowest BCUT2D eigenvalue weighted by Crippen LogP contribution is -2.26. The van der Waals surface area contributed by atoms with E-state index in [0.29, 0.717) is 23.5 Å². The summed E-state index contributed by atoms with van der Waals surface area (Å²) >= 11 is 0. The standard InChI is InChI=1S/C25H27F3O2/c1-3-4-15-5-7-16(8-6-15)18-11-12-20(24(28)23(18)27)19-10-9-17-13-14(2)30-25(29)21(17)22(19)26/h9-12,14-16H,3-8,13H2,1-2H3. The summed E-state index contributed by atoms with van der Waals surface area (Å²) in [6.07, 6.45) is 6.14. The highest BCUT2D eigenvalue weighted by atomic mass is 19.2. The first-order valence-corrected chi connectivity index (χ1v) is 10.9. The first-order valence-electron chi connectivity index (χ1n) is 10.9. The van der Waals surface area contributed by atoms with Gasteiger partial charge in [-0.3, -0.25) is 0 Å². The van der Waals surface area contributed by atoms with Crippen LogP contribution in [0.4, 0.5) is 13.2 Å². The minimum Gasteiger partial charge on any atom is -0.459 e. The lowest BCUT2D eigenvalue weighted by Gasteiger charge is -2.29. The Balaban J connectivity index is 1.65. The number of rotatable bonds is 4. The number of ether oxygens (including phenoxy) is 1. The second-order valence-corrected chi connectivity index (χ2v) is 8.72. The highest BCUT2D eigenvalue weighted by molar-refractivity contribution is 5.94. The molecule has 0 aromatic heterocycles. The van der Waals surface area contributed by atoms with Gasteiger partial charge in [0, 0.05) is 17.5 Å². The Labute approximate surface area is 175 Å². The highest BCUT2D eigenvalue weighted by Gasteiger charge is 2.31. The quantitative estimate of drug-likeness (QED) is 0.504. The lowest BCUT2D eigenvalue weighted by molar-refractivity contribution is 0.0294. The van der Waals surface area contributed by atoms with Gasteiger partial charge < -0.3 is 4.74 Å². The van der Waals surface area contributed by atoms with E-state index in [4.69, 9.17) is 4.74 Å². The van der Waals surface area contributed by atoms with Gasteiger partial charge in [-0.15, -0.1) is 0 Å². The molecule has 2 aromatic carbocycles. The van der Waals surface area contributed by atoms with E-state index in [-0.39, 0.29) is 28.7 Å². The number of benzene rings is 2. The van der Waals surface area contributed by atoms with Crippen molar-refractivity contribution in [3.8, 4) is 11.1 Å². The minimum absolute atomic E-state index is 0.00787. The molecule has 5 heteroatoms. The average molecular weight is 416 g/mol. The van der Waals surface area contributed by atoms with Gasteiger partial charge in [0.2, 0.25) is 0 Å². The van der Waals surface area contributed by atoms with Crippen molar-refractivity contribution in [2.24, 2.45) is 5.92 Å². The van der Waals surface area contributed by atoms with Crippen molar-refractivity contribution < 1.29 is 22.7 Å². The summed E-state index contributed by atoms with van der Waals surface area (Å²) in [5.74, 6) is -2.91. The molecule has 1 heterocycles. The molecule has 2 aromatic rings. The van der Waals surface area contributed by atoms with Gasteiger partial charge in [-0.2, -0.15) is 0 Å². The normalized spacial score (nSPS) is 23.8. The van der Waals surface area contributed by atoms with Crippen molar-refractivity contribution in [1.29, 1.82) is 0 Å². The number of carbonyl (C=O) groups is 1. The molecule has 2 aliphatic rings. The fourth-order valence-electron chi connectivity index (χ4n) is 5.07. The summed E-state index contributed by atoms with van der Waals surface area (Å²) in [6.45, 7) is 3.90. The molecule has 1 saturated carbocycles. The monoisotopic (exact) mass is 416 g/mol. The molecule has 2 nitrogen and oxygen atoms in total. The Morgan fingerprint density at radius 1 is 0.933 bits per heavy atom. The highest BCUT2D eigenvalue weighted by Crippen LogP contribution is 2.41. The maximum atomic E-state index is 15.1. The molecule has 1 unspecified atom stereocenters. The minimum atomic E-state index is -1.06. The number of esters is 1. The van der Waals surface area contributed by atoms with Crippen LogP contribution in [0.25, 0.3) is 11.1 Å². The second-order valence-electron chi connectivity index (χ2n) is 8.72. The van der Waals surface area contributed by atoms with Crippen LogP contribution in [0.15, 0.2) is 24.3 Å². The Kier molecular flexibility index (Phi) is 5.90. The van der Waals surface area contributed by atoms with Crippen molar-refractivity contribution in [3.63, 3.8) is 0 Å². The third-order valence-corrected chi connectivity index (χ3v) is 6.63. The van der Waals surface area contributed by atoms with Gasteiger partial charge in [0.05, 0.1) is 5.56 Å². The molecular weight excluding hydrogens is 389 g/mol. The van der Waals surface area contributed by atoms with E-state index < -0.39 is 23.4 Å². The van der Waals surface area contributed by atoms with Gasteiger partial charge in [-0.05, 0) is 55.6 Å². The van der Waals surface area contributed by atoms with E-state index in [9.17, 15) is 9.18 Å². The Morgan fingerprint density at radius 2 is 1.60 bits per heavy atom. The van der Waals surface area contributed by atoms with Crippen LogP contribution in [0.5, 0.6) is 0 Å². The third kappa shape index (κ3) is 3.75. The molecule has 1 aliphatic heterocycles. The molecule has 1 atom stereocenters. The zero-order valence-corrected chi connectivity index (χ0v) is 17.4. The van der Waals surface area contributed by atoms with E-state index in [1.54, 1.807) is 19.1 Å². The van der Waals surface area contributed by atoms with Crippen LogP contribution in [0.2, 0.25) is 0 Å². The van der Waals surface area contributed by atoms with Crippen molar-refractivity contribution in [2.45, 2.75) is 70.8 Å². The lowest BCUT2D eigenvalue weighted by atomic mass is 9.77. The molecule has 1 fully saturated rings. The molecule has 0 amide bonds. The van der Waals surface area contributed by atoms with Crippen LogP contribution >= 0.6 is 0 Å². The molecule has 1 aliphatic carbocycles. The zero-order chi connectivity index (χ0) is 21.4. The van der Waals surface area contributed by atoms with E-state index in [1.165, 1.54) is 18.6 Å².